The molecular weight excluding hydrogens is 303 g/mol. The van der Waals surface area contributed by atoms with Crippen LogP contribution < -0.4 is 5.46 Å². The molecule has 1 heterocycles. The van der Waals surface area contributed by atoms with Crippen LogP contribution in [0.4, 0.5) is 0 Å². The molecule has 126 valence electrons. The second-order valence-corrected chi connectivity index (χ2v) is 7.13. The van der Waals surface area contributed by atoms with Crippen LogP contribution in [0.2, 0.25) is 0 Å². The molecule has 5 heteroatoms. The van der Waals surface area contributed by atoms with Gasteiger partial charge >= 0.3 is 13.1 Å². The van der Waals surface area contributed by atoms with Gasteiger partial charge in [-0.25, -0.2) is 4.79 Å². The van der Waals surface area contributed by atoms with Crippen molar-refractivity contribution in [3.05, 3.63) is 42.0 Å². The minimum Gasteiger partial charge on any atom is -0.462 e. The first-order valence-electron chi connectivity index (χ1n) is 8.30. The summed E-state index contributed by atoms with van der Waals surface area (Å²) >= 11 is 0. The van der Waals surface area contributed by atoms with E-state index in [-0.39, 0.29) is 24.3 Å². The largest absolute Gasteiger partial charge is 0.494 e. The average Bonchev–Trinajstić information content (AvgIpc) is 2.74. The van der Waals surface area contributed by atoms with Crippen LogP contribution in [0.1, 0.15) is 45.0 Å². The molecule has 0 bridgehead atoms. The number of benzene rings is 2. The molecule has 24 heavy (non-hydrogen) atoms. The van der Waals surface area contributed by atoms with E-state index in [0.29, 0.717) is 12.2 Å². The van der Waals surface area contributed by atoms with Gasteiger partial charge in [-0.05, 0) is 63.0 Å². The number of fused-ring (bicyclic) bond motifs is 1. The van der Waals surface area contributed by atoms with Gasteiger partial charge in [-0.2, -0.15) is 0 Å². The van der Waals surface area contributed by atoms with Crippen molar-refractivity contribution in [2.75, 3.05) is 6.61 Å². The Kier molecular flexibility index (Phi) is 4.18. The Balaban J connectivity index is 1.90. The quantitative estimate of drug-likeness (QED) is 0.641. The zero-order valence-electron chi connectivity index (χ0n) is 14.9. The van der Waals surface area contributed by atoms with Crippen LogP contribution in [-0.2, 0) is 14.0 Å². The number of rotatable bonds is 3. The molecule has 0 aromatic heterocycles. The van der Waals surface area contributed by atoms with E-state index in [2.05, 4.69) is 0 Å². The van der Waals surface area contributed by atoms with Gasteiger partial charge in [-0.15, -0.1) is 0 Å². The maximum Gasteiger partial charge on any atom is 0.494 e. The number of carbonyl (C=O) groups is 1. The van der Waals surface area contributed by atoms with Crippen LogP contribution in [0.15, 0.2) is 36.4 Å². The van der Waals surface area contributed by atoms with E-state index >= 15 is 0 Å². The predicted octanol–water partition coefficient (Wildman–Crippen LogP) is 3.32. The SMILES string of the molecule is CCOC(=O)c1ccc2cc(B3OC(C)(C)C(C)(C)O3)ccc2c1. The molecule has 0 saturated carbocycles. The first-order chi connectivity index (χ1) is 11.2. The fourth-order valence-corrected chi connectivity index (χ4v) is 2.73. The lowest BCUT2D eigenvalue weighted by molar-refractivity contribution is 0.00578. The second-order valence-electron chi connectivity index (χ2n) is 7.13. The van der Waals surface area contributed by atoms with Gasteiger partial charge in [-0.3, -0.25) is 0 Å². The van der Waals surface area contributed by atoms with Crippen molar-refractivity contribution in [3.8, 4) is 0 Å². The van der Waals surface area contributed by atoms with Gasteiger partial charge in [0.15, 0.2) is 0 Å². The zero-order chi connectivity index (χ0) is 17.5. The molecule has 0 spiro atoms. The molecule has 2 aromatic carbocycles. The number of esters is 1. The lowest BCUT2D eigenvalue weighted by Gasteiger charge is -2.32. The summed E-state index contributed by atoms with van der Waals surface area (Å²) in [6.07, 6.45) is 0. The van der Waals surface area contributed by atoms with E-state index < -0.39 is 0 Å². The van der Waals surface area contributed by atoms with Crippen LogP contribution in [0, 0.1) is 0 Å². The molecule has 3 rings (SSSR count). The summed E-state index contributed by atoms with van der Waals surface area (Å²) in [5, 5.41) is 2.02. The van der Waals surface area contributed by atoms with Gasteiger partial charge in [0.2, 0.25) is 0 Å². The maximum atomic E-state index is 11.8. The van der Waals surface area contributed by atoms with Crippen molar-refractivity contribution >= 4 is 29.3 Å². The first-order valence-corrected chi connectivity index (χ1v) is 8.30. The van der Waals surface area contributed by atoms with Gasteiger partial charge in [0, 0.05) is 0 Å². The van der Waals surface area contributed by atoms with Gasteiger partial charge < -0.3 is 14.0 Å². The third-order valence-corrected chi connectivity index (χ3v) is 4.90. The van der Waals surface area contributed by atoms with Crippen LogP contribution in [0.5, 0.6) is 0 Å². The molecule has 0 aliphatic carbocycles. The zero-order valence-corrected chi connectivity index (χ0v) is 14.9. The van der Waals surface area contributed by atoms with Gasteiger partial charge in [0.05, 0.1) is 23.4 Å². The molecule has 0 unspecified atom stereocenters. The Hall–Kier alpha value is -1.85. The summed E-state index contributed by atoms with van der Waals surface area (Å²) in [5.74, 6) is -0.297. The summed E-state index contributed by atoms with van der Waals surface area (Å²) in [5.41, 5.74) is 0.818. The highest BCUT2D eigenvalue weighted by Crippen LogP contribution is 2.36. The summed E-state index contributed by atoms with van der Waals surface area (Å²) < 4.78 is 17.2. The summed E-state index contributed by atoms with van der Waals surface area (Å²) in [7, 11) is -0.385. The Labute approximate surface area is 143 Å². The second kappa shape index (κ2) is 5.90. The summed E-state index contributed by atoms with van der Waals surface area (Å²) in [4.78, 5) is 11.8. The Morgan fingerprint density at radius 3 is 2.21 bits per heavy atom. The van der Waals surface area contributed by atoms with Crippen LogP contribution in [-0.4, -0.2) is 30.9 Å². The van der Waals surface area contributed by atoms with E-state index in [1.54, 1.807) is 13.0 Å². The van der Waals surface area contributed by atoms with E-state index in [1.165, 1.54) is 0 Å². The van der Waals surface area contributed by atoms with Crippen molar-refractivity contribution < 1.29 is 18.8 Å². The monoisotopic (exact) mass is 326 g/mol. The van der Waals surface area contributed by atoms with Crippen LogP contribution >= 0.6 is 0 Å². The normalized spacial score (nSPS) is 18.8. The van der Waals surface area contributed by atoms with Gasteiger partial charge in [0.1, 0.15) is 0 Å². The minimum atomic E-state index is -0.385. The highest BCUT2D eigenvalue weighted by molar-refractivity contribution is 6.62. The Bertz CT molecular complexity index is 766. The molecule has 1 saturated heterocycles. The molecule has 1 aliphatic rings. The molecule has 1 aliphatic heterocycles. The van der Waals surface area contributed by atoms with Gasteiger partial charge in [0.25, 0.3) is 0 Å². The molecule has 4 nitrogen and oxygen atoms in total. The van der Waals surface area contributed by atoms with Gasteiger partial charge in [-0.1, -0.05) is 24.3 Å². The molecule has 0 N–H and O–H groups in total. The van der Waals surface area contributed by atoms with Crippen molar-refractivity contribution in [2.45, 2.75) is 45.8 Å². The first kappa shape index (κ1) is 17.0. The molecule has 2 aromatic rings. The van der Waals surface area contributed by atoms with Crippen LogP contribution in [0.25, 0.3) is 10.8 Å². The number of ether oxygens (including phenoxy) is 1. The lowest BCUT2D eigenvalue weighted by Crippen LogP contribution is -2.41. The highest BCUT2D eigenvalue weighted by atomic mass is 16.7. The van der Waals surface area contributed by atoms with Crippen molar-refractivity contribution in [1.82, 2.24) is 0 Å². The highest BCUT2D eigenvalue weighted by Gasteiger charge is 2.51. The number of hydrogen-bond acceptors (Lipinski definition) is 4. The number of carbonyl (C=O) groups excluding carboxylic acids is 1. The fourth-order valence-electron chi connectivity index (χ4n) is 2.73. The standard InChI is InChI=1S/C19H23BO4/c1-6-22-17(21)15-8-7-14-12-16(10-9-13(14)11-15)20-23-18(2,3)19(4,5)24-20/h7-12H,6H2,1-5H3. The molecule has 1 fully saturated rings. The van der Waals surface area contributed by atoms with E-state index in [0.717, 1.165) is 16.2 Å². The van der Waals surface area contributed by atoms with E-state index in [4.69, 9.17) is 14.0 Å². The molecule has 0 amide bonds. The lowest BCUT2D eigenvalue weighted by atomic mass is 9.78. The topological polar surface area (TPSA) is 44.8 Å². The van der Waals surface area contributed by atoms with Crippen LogP contribution in [0.3, 0.4) is 0 Å². The molecule has 0 radical (unpaired) electrons. The summed E-state index contributed by atoms with van der Waals surface area (Å²) in [6.45, 7) is 10.3. The van der Waals surface area contributed by atoms with Crippen molar-refractivity contribution in [2.24, 2.45) is 0 Å². The minimum absolute atomic E-state index is 0.297. The Morgan fingerprint density at radius 1 is 1.00 bits per heavy atom. The van der Waals surface area contributed by atoms with E-state index in [1.807, 2.05) is 58.0 Å². The molecular formula is C19H23BO4. The average molecular weight is 326 g/mol. The Morgan fingerprint density at radius 2 is 1.58 bits per heavy atom. The number of hydrogen-bond donors (Lipinski definition) is 0. The maximum absolute atomic E-state index is 11.8. The smallest absolute Gasteiger partial charge is 0.462 e. The van der Waals surface area contributed by atoms with E-state index in [9.17, 15) is 4.79 Å². The third-order valence-electron chi connectivity index (χ3n) is 4.90. The third kappa shape index (κ3) is 2.94. The van der Waals surface area contributed by atoms with Crippen molar-refractivity contribution in [3.63, 3.8) is 0 Å². The predicted molar refractivity (Wildman–Crippen MR) is 95.6 cm³/mol. The van der Waals surface area contributed by atoms with Crippen molar-refractivity contribution in [1.29, 1.82) is 0 Å². The fraction of sp³-hybridized carbons (Fsp3) is 0.421. The molecule has 0 atom stereocenters. The summed E-state index contributed by atoms with van der Waals surface area (Å²) in [6, 6.07) is 11.6.